The molecule has 2 fully saturated rings. The second kappa shape index (κ2) is 6.53. The first-order chi connectivity index (χ1) is 11.6. The molecule has 1 amide bonds. The lowest BCUT2D eigenvalue weighted by atomic mass is 9.80. The van der Waals surface area contributed by atoms with Gasteiger partial charge in [-0.25, -0.2) is 0 Å². The van der Waals surface area contributed by atoms with Crippen LogP contribution < -0.4 is 0 Å². The number of amides is 1. The van der Waals surface area contributed by atoms with E-state index in [4.69, 9.17) is 11.6 Å². The molecule has 1 saturated heterocycles. The van der Waals surface area contributed by atoms with Crippen molar-refractivity contribution in [1.29, 1.82) is 0 Å². The first-order valence-corrected chi connectivity index (χ1v) is 9.47. The van der Waals surface area contributed by atoms with E-state index in [0.717, 1.165) is 56.4 Å². The monoisotopic (exact) mass is 344 g/mol. The number of hydrogen-bond acceptors (Lipinski definition) is 2. The Labute approximate surface area is 149 Å². The van der Waals surface area contributed by atoms with Crippen molar-refractivity contribution in [3.05, 3.63) is 47.0 Å². The molecular weight excluding hydrogens is 320 g/mol. The van der Waals surface area contributed by atoms with Crippen LogP contribution in [-0.2, 0) is 11.3 Å². The SMILES string of the molecule is O=C1C=CCC2(CCN(Cc3ccc(Cl)cc3)CC2)N1CC1CC1. The van der Waals surface area contributed by atoms with Crippen LogP contribution >= 0.6 is 11.6 Å². The zero-order chi connectivity index (χ0) is 16.6. The molecule has 24 heavy (non-hydrogen) atoms. The molecule has 1 spiro atoms. The lowest BCUT2D eigenvalue weighted by Gasteiger charge is -2.50. The average Bonchev–Trinajstić information content (AvgIpc) is 3.40. The highest BCUT2D eigenvalue weighted by atomic mass is 35.5. The quantitative estimate of drug-likeness (QED) is 0.827. The summed E-state index contributed by atoms with van der Waals surface area (Å²) < 4.78 is 0. The van der Waals surface area contributed by atoms with Crippen LogP contribution in [0, 0.1) is 5.92 Å². The fourth-order valence-corrected chi connectivity index (χ4v) is 4.23. The van der Waals surface area contributed by atoms with Gasteiger partial charge in [0, 0.05) is 36.7 Å². The molecular formula is C20H25ClN2O. The van der Waals surface area contributed by atoms with Crippen LogP contribution in [-0.4, -0.2) is 40.9 Å². The van der Waals surface area contributed by atoms with E-state index in [1.54, 1.807) is 6.08 Å². The number of piperidine rings is 1. The third-order valence-corrected chi connectivity index (χ3v) is 6.09. The van der Waals surface area contributed by atoms with E-state index in [1.807, 2.05) is 12.1 Å². The standard InChI is InChI=1S/C20H25ClN2O/c21-18-7-5-16(6-8-18)14-22-12-10-20(11-13-22)9-1-2-19(24)23(20)15-17-3-4-17/h1-2,5-8,17H,3-4,9-15H2. The van der Waals surface area contributed by atoms with Crippen molar-refractivity contribution >= 4 is 17.5 Å². The number of rotatable bonds is 4. The number of carbonyl (C=O) groups excluding carboxylic acids is 1. The molecule has 2 aliphatic heterocycles. The topological polar surface area (TPSA) is 23.6 Å². The number of likely N-dealkylation sites (tertiary alicyclic amines) is 1. The molecule has 3 aliphatic rings. The fourth-order valence-electron chi connectivity index (χ4n) is 4.10. The first kappa shape index (κ1) is 16.2. The van der Waals surface area contributed by atoms with Crippen molar-refractivity contribution in [2.45, 2.75) is 44.2 Å². The molecule has 2 heterocycles. The molecule has 0 radical (unpaired) electrons. The summed E-state index contributed by atoms with van der Waals surface area (Å²) in [6, 6.07) is 8.15. The van der Waals surface area contributed by atoms with Gasteiger partial charge in [-0.15, -0.1) is 0 Å². The highest BCUT2D eigenvalue weighted by Gasteiger charge is 2.44. The Kier molecular flexibility index (Phi) is 4.40. The predicted octanol–water partition coefficient (Wildman–Crippen LogP) is 3.87. The maximum Gasteiger partial charge on any atom is 0.246 e. The first-order valence-electron chi connectivity index (χ1n) is 9.10. The smallest absolute Gasteiger partial charge is 0.246 e. The van der Waals surface area contributed by atoms with Gasteiger partial charge in [-0.05, 0) is 61.8 Å². The second-order valence-corrected chi connectivity index (χ2v) is 8.06. The van der Waals surface area contributed by atoms with Crippen LogP contribution in [0.5, 0.6) is 0 Å². The summed E-state index contributed by atoms with van der Waals surface area (Å²) in [5.41, 5.74) is 1.38. The second-order valence-electron chi connectivity index (χ2n) is 7.63. The third kappa shape index (κ3) is 3.38. The van der Waals surface area contributed by atoms with Crippen molar-refractivity contribution in [3.63, 3.8) is 0 Å². The number of benzene rings is 1. The van der Waals surface area contributed by atoms with Gasteiger partial charge >= 0.3 is 0 Å². The van der Waals surface area contributed by atoms with Gasteiger partial charge in [-0.3, -0.25) is 9.69 Å². The number of halogens is 1. The summed E-state index contributed by atoms with van der Waals surface area (Å²) in [5, 5.41) is 0.791. The molecule has 128 valence electrons. The number of carbonyl (C=O) groups is 1. The van der Waals surface area contributed by atoms with E-state index >= 15 is 0 Å². The molecule has 1 aliphatic carbocycles. The molecule has 1 saturated carbocycles. The summed E-state index contributed by atoms with van der Waals surface area (Å²) in [6.07, 6.45) is 9.68. The van der Waals surface area contributed by atoms with Crippen molar-refractivity contribution in [1.82, 2.24) is 9.80 Å². The van der Waals surface area contributed by atoms with Gasteiger partial charge < -0.3 is 4.90 Å². The minimum absolute atomic E-state index is 0.0743. The van der Waals surface area contributed by atoms with Crippen LogP contribution in [0.15, 0.2) is 36.4 Å². The molecule has 0 atom stereocenters. The maximum atomic E-state index is 12.4. The van der Waals surface area contributed by atoms with E-state index in [0.29, 0.717) is 0 Å². The number of hydrogen-bond donors (Lipinski definition) is 0. The Morgan fingerprint density at radius 2 is 1.83 bits per heavy atom. The van der Waals surface area contributed by atoms with Crippen LogP contribution in [0.25, 0.3) is 0 Å². The molecule has 0 unspecified atom stereocenters. The summed E-state index contributed by atoms with van der Waals surface area (Å²) in [6.45, 7) is 4.07. The van der Waals surface area contributed by atoms with Crippen molar-refractivity contribution < 1.29 is 4.79 Å². The van der Waals surface area contributed by atoms with Gasteiger partial charge in [0.25, 0.3) is 0 Å². The van der Waals surface area contributed by atoms with E-state index in [1.165, 1.54) is 18.4 Å². The number of nitrogens with zero attached hydrogens (tertiary/aromatic N) is 2. The van der Waals surface area contributed by atoms with Crippen LogP contribution in [0.2, 0.25) is 5.02 Å². The van der Waals surface area contributed by atoms with Crippen molar-refractivity contribution in [2.75, 3.05) is 19.6 Å². The minimum atomic E-state index is 0.0743. The lowest BCUT2D eigenvalue weighted by Crippen LogP contribution is -2.58. The Morgan fingerprint density at radius 3 is 2.50 bits per heavy atom. The molecule has 1 aromatic carbocycles. The fraction of sp³-hybridized carbons (Fsp3) is 0.550. The Morgan fingerprint density at radius 1 is 1.12 bits per heavy atom. The highest BCUT2D eigenvalue weighted by Crippen LogP contribution is 2.39. The van der Waals surface area contributed by atoms with Gasteiger partial charge in [-0.1, -0.05) is 29.8 Å². The molecule has 1 aromatic rings. The molecule has 4 rings (SSSR count). The molecule has 3 nitrogen and oxygen atoms in total. The molecule has 0 N–H and O–H groups in total. The lowest BCUT2D eigenvalue weighted by molar-refractivity contribution is -0.136. The Balaban J connectivity index is 1.41. The van der Waals surface area contributed by atoms with Gasteiger partial charge in [0.15, 0.2) is 0 Å². The summed E-state index contributed by atoms with van der Waals surface area (Å²) in [5.74, 6) is 0.990. The van der Waals surface area contributed by atoms with Crippen molar-refractivity contribution in [3.8, 4) is 0 Å². The normalized spacial score (nSPS) is 23.9. The van der Waals surface area contributed by atoms with Gasteiger partial charge in [0.2, 0.25) is 5.91 Å². The van der Waals surface area contributed by atoms with Gasteiger partial charge in [0.05, 0.1) is 0 Å². The Hall–Kier alpha value is -1.32. The van der Waals surface area contributed by atoms with Crippen LogP contribution in [0.3, 0.4) is 0 Å². The minimum Gasteiger partial charge on any atom is -0.333 e. The van der Waals surface area contributed by atoms with Gasteiger partial charge in [-0.2, -0.15) is 0 Å². The van der Waals surface area contributed by atoms with E-state index in [-0.39, 0.29) is 11.4 Å². The zero-order valence-electron chi connectivity index (χ0n) is 14.1. The average molecular weight is 345 g/mol. The van der Waals surface area contributed by atoms with E-state index in [9.17, 15) is 4.79 Å². The molecule has 0 aromatic heterocycles. The highest BCUT2D eigenvalue weighted by molar-refractivity contribution is 6.30. The van der Waals surface area contributed by atoms with Gasteiger partial charge in [0.1, 0.15) is 0 Å². The van der Waals surface area contributed by atoms with Crippen molar-refractivity contribution in [2.24, 2.45) is 5.92 Å². The zero-order valence-corrected chi connectivity index (χ0v) is 14.8. The van der Waals surface area contributed by atoms with Crippen LogP contribution in [0.1, 0.15) is 37.7 Å². The van der Waals surface area contributed by atoms with Crippen LogP contribution in [0.4, 0.5) is 0 Å². The summed E-state index contributed by atoms with van der Waals surface area (Å²) in [7, 11) is 0. The Bertz CT molecular complexity index is 628. The molecule has 0 bridgehead atoms. The van der Waals surface area contributed by atoms with E-state index in [2.05, 4.69) is 28.0 Å². The summed E-state index contributed by atoms with van der Waals surface area (Å²) >= 11 is 5.97. The maximum absolute atomic E-state index is 12.4. The third-order valence-electron chi connectivity index (χ3n) is 5.84. The summed E-state index contributed by atoms with van der Waals surface area (Å²) in [4.78, 5) is 17.2. The van der Waals surface area contributed by atoms with E-state index < -0.39 is 0 Å². The largest absolute Gasteiger partial charge is 0.333 e. The molecule has 4 heteroatoms. The predicted molar refractivity (Wildman–Crippen MR) is 96.9 cm³/mol.